The molecule has 0 saturated carbocycles. The third-order valence-electron chi connectivity index (χ3n) is 3.12. The number of hydrogen-bond donors (Lipinski definition) is 1. The van der Waals surface area contributed by atoms with Crippen LogP contribution in [0.25, 0.3) is 6.08 Å². The highest BCUT2D eigenvalue weighted by Gasteiger charge is 2.10. The molecule has 2 aromatic rings. The zero-order chi connectivity index (χ0) is 15.5. The molecule has 3 rings (SSSR count). The van der Waals surface area contributed by atoms with E-state index in [-0.39, 0.29) is 5.91 Å². The molecule has 1 aliphatic heterocycles. The molecular weight excluding hydrogens is 302 g/mol. The number of fused-ring (bicyclic) bond motifs is 1. The minimum atomic E-state index is -0.239. The number of anilines is 1. The summed E-state index contributed by atoms with van der Waals surface area (Å²) in [5.41, 5.74) is 1.80. The van der Waals surface area contributed by atoms with Crippen molar-refractivity contribution in [3.8, 4) is 5.75 Å². The molecule has 0 saturated heterocycles. The van der Waals surface area contributed by atoms with Crippen molar-refractivity contribution in [2.45, 2.75) is 0 Å². The van der Waals surface area contributed by atoms with Crippen LogP contribution in [0.4, 0.5) is 5.82 Å². The van der Waals surface area contributed by atoms with Crippen LogP contribution in [-0.2, 0) is 11.8 Å². The number of amides is 1. The minimum Gasteiger partial charge on any atom is -0.488 e. The van der Waals surface area contributed by atoms with Crippen molar-refractivity contribution in [1.82, 2.24) is 9.78 Å². The van der Waals surface area contributed by atoms with E-state index in [1.807, 2.05) is 18.2 Å². The van der Waals surface area contributed by atoms with Gasteiger partial charge in [-0.25, -0.2) is 0 Å². The highest BCUT2D eigenvalue weighted by molar-refractivity contribution is 6.30. The molecule has 0 unspecified atom stereocenters. The lowest BCUT2D eigenvalue weighted by atomic mass is 10.1. The summed E-state index contributed by atoms with van der Waals surface area (Å²) < 4.78 is 7.24. The van der Waals surface area contributed by atoms with Crippen LogP contribution >= 0.6 is 11.6 Å². The van der Waals surface area contributed by atoms with Gasteiger partial charge in [-0.1, -0.05) is 17.7 Å². The molecule has 1 N–H and O–H groups in total. The third kappa shape index (κ3) is 3.38. The van der Waals surface area contributed by atoms with Gasteiger partial charge < -0.3 is 10.1 Å². The highest BCUT2D eigenvalue weighted by Crippen LogP contribution is 2.29. The Balaban J connectivity index is 1.69. The van der Waals surface area contributed by atoms with Gasteiger partial charge in [0.2, 0.25) is 5.91 Å². The molecule has 1 aromatic carbocycles. The molecule has 0 bridgehead atoms. The van der Waals surface area contributed by atoms with Gasteiger partial charge >= 0.3 is 0 Å². The molecule has 2 heterocycles. The quantitative estimate of drug-likeness (QED) is 0.886. The maximum atomic E-state index is 11.8. The number of aromatic nitrogens is 2. The zero-order valence-electron chi connectivity index (χ0n) is 11.9. The Morgan fingerprint density at radius 1 is 1.45 bits per heavy atom. The summed E-state index contributed by atoms with van der Waals surface area (Å²) in [6.45, 7) is 0.419. The lowest BCUT2D eigenvalue weighted by Gasteiger charge is -2.16. The number of carbonyl (C=O) groups excluding carboxylic acids is 1. The lowest BCUT2D eigenvalue weighted by Crippen LogP contribution is -2.10. The van der Waals surface area contributed by atoms with Gasteiger partial charge in [0.25, 0.3) is 0 Å². The monoisotopic (exact) mass is 315 g/mol. The van der Waals surface area contributed by atoms with E-state index in [4.69, 9.17) is 16.3 Å². The SMILES string of the molecule is Cn1ccc(NC(=O)C=CC2=Cc3cc(Cl)ccc3OC2)n1. The van der Waals surface area contributed by atoms with E-state index in [1.54, 1.807) is 36.1 Å². The first-order valence-electron chi connectivity index (χ1n) is 6.72. The average molecular weight is 316 g/mol. The fourth-order valence-corrected chi connectivity index (χ4v) is 2.28. The summed E-state index contributed by atoms with van der Waals surface area (Å²) in [6, 6.07) is 7.18. The van der Waals surface area contributed by atoms with Gasteiger partial charge in [-0.15, -0.1) is 0 Å². The maximum absolute atomic E-state index is 11.8. The third-order valence-corrected chi connectivity index (χ3v) is 3.36. The first-order valence-corrected chi connectivity index (χ1v) is 7.09. The van der Waals surface area contributed by atoms with Gasteiger partial charge in [-0.2, -0.15) is 5.10 Å². The first kappa shape index (κ1) is 14.4. The zero-order valence-corrected chi connectivity index (χ0v) is 12.7. The number of carbonyl (C=O) groups is 1. The van der Waals surface area contributed by atoms with E-state index < -0.39 is 0 Å². The number of nitrogens with one attached hydrogen (secondary N) is 1. The van der Waals surface area contributed by atoms with Crippen LogP contribution in [0.15, 0.2) is 48.2 Å². The van der Waals surface area contributed by atoms with E-state index in [0.29, 0.717) is 17.4 Å². The number of hydrogen-bond acceptors (Lipinski definition) is 3. The van der Waals surface area contributed by atoms with Gasteiger partial charge in [0.1, 0.15) is 12.4 Å². The molecule has 112 valence electrons. The second kappa shape index (κ2) is 6.07. The second-order valence-electron chi connectivity index (χ2n) is 4.89. The second-order valence-corrected chi connectivity index (χ2v) is 5.32. The molecule has 6 heteroatoms. The maximum Gasteiger partial charge on any atom is 0.249 e. The summed E-state index contributed by atoms with van der Waals surface area (Å²) in [4.78, 5) is 11.8. The fourth-order valence-electron chi connectivity index (χ4n) is 2.09. The molecule has 5 nitrogen and oxygen atoms in total. The van der Waals surface area contributed by atoms with E-state index >= 15 is 0 Å². The molecule has 0 spiro atoms. The van der Waals surface area contributed by atoms with Crippen molar-refractivity contribution in [3.05, 3.63) is 58.8 Å². The Labute approximate surface area is 132 Å². The predicted octanol–water partition coefficient (Wildman–Crippen LogP) is 3.04. The molecule has 22 heavy (non-hydrogen) atoms. The smallest absolute Gasteiger partial charge is 0.249 e. The van der Waals surface area contributed by atoms with Gasteiger partial charge in [-0.3, -0.25) is 9.48 Å². The summed E-state index contributed by atoms with van der Waals surface area (Å²) >= 11 is 5.97. The Morgan fingerprint density at radius 3 is 3.09 bits per heavy atom. The number of nitrogens with zero attached hydrogens (tertiary/aromatic N) is 2. The molecule has 1 aliphatic rings. The summed E-state index contributed by atoms with van der Waals surface area (Å²) in [5, 5.41) is 7.42. The van der Waals surface area contributed by atoms with Crippen LogP contribution in [-0.4, -0.2) is 22.3 Å². The first-order chi connectivity index (χ1) is 10.6. The predicted molar refractivity (Wildman–Crippen MR) is 85.9 cm³/mol. The van der Waals surface area contributed by atoms with Crippen LogP contribution in [0, 0.1) is 0 Å². The Morgan fingerprint density at radius 2 is 2.32 bits per heavy atom. The largest absolute Gasteiger partial charge is 0.488 e. The van der Waals surface area contributed by atoms with E-state index in [2.05, 4.69) is 10.4 Å². The Hall–Kier alpha value is -2.53. The number of benzene rings is 1. The van der Waals surface area contributed by atoms with Gasteiger partial charge in [0, 0.05) is 36.0 Å². The molecular formula is C16H14ClN3O2. The van der Waals surface area contributed by atoms with E-state index in [9.17, 15) is 4.79 Å². The standard InChI is InChI=1S/C16H14ClN3O2/c1-20-7-6-15(19-20)18-16(21)5-2-11-8-12-9-13(17)3-4-14(12)22-10-11/h2-9H,10H2,1H3,(H,18,19,21). The lowest BCUT2D eigenvalue weighted by molar-refractivity contribution is -0.111. The summed E-state index contributed by atoms with van der Waals surface area (Å²) in [7, 11) is 1.79. The fraction of sp³-hybridized carbons (Fsp3) is 0.125. The molecule has 0 fully saturated rings. The van der Waals surface area contributed by atoms with Crippen molar-refractivity contribution < 1.29 is 9.53 Å². The highest BCUT2D eigenvalue weighted by atomic mass is 35.5. The van der Waals surface area contributed by atoms with Crippen LogP contribution < -0.4 is 10.1 Å². The summed E-state index contributed by atoms with van der Waals surface area (Å²) in [5.74, 6) is 1.07. The van der Waals surface area contributed by atoms with Crippen molar-refractivity contribution in [3.63, 3.8) is 0 Å². The normalized spacial score (nSPS) is 13.5. The molecule has 0 aliphatic carbocycles. The number of halogens is 1. The van der Waals surface area contributed by atoms with Crippen LogP contribution in [0.5, 0.6) is 5.75 Å². The van der Waals surface area contributed by atoms with Gasteiger partial charge in [0.15, 0.2) is 5.82 Å². The van der Waals surface area contributed by atoms with Gasteiger partial charge in [-0.05, 0) is 29.8 Å². The molecule has 0 radical (unpaired) electrons. The van der Waals surface area contributed by atoms with Crippen LogP contribution in [0.3, 0.4) is 0 Å². The molecule has 1 aromatic heterocycles. The number of aryl methyl sites for hydroxylation is 1. The van der Waals surface area contributed by atoms with Crippen LogP contribution in [0.2, 0.25) is 5.02 Å². The summed E-state index contributed by atoms with van der Waals surface area (Å²) in [6.07, 6.45) is 6.90. The van der Waals surface area contributed by atoms with Crippen LogP contribution in [0.1, 0.15) is 5.56 Å². The Bertz CT molecular complexity index is 777. The van der Waals surface area contributed by atoms with Crippen molar-refractivity contribution in [2.24, 2.45) is 7.05 Å². The van der Waals surface area contributed by atoms with Crippen molar-refractivity contribution >= 4 is 29.4 Å². The topological polar surface area (TPSA) is 56.2 Å². The van der Waals surface area contributed by atoms with E-state index in [0.717, 1.165) is 16.9 Å². The van der Waals surface area contributed by atoms with E-state index in [1.165, 1.54) is 6.08 Å². The number of rotatable bonds is 3. The van der Waals surface area contributed by atoms with Crippen molar-refractivity contribution in [2.75, 3.05) is 11.9 Å². The Kier molecular flexibility index (Phi) is 3.98. The number of ether oxygens (including phenoxy) is 1. The minimum absolute atomic E-state index is 0.239. The van der Waals surface area contributed by atoms with Gasteiger partial charge in [0.05, 0.1) is 0 Å². The average Bonchev–Trinajstić information content (AvgIpc) is 2.89. The molecule has 1 amide bonds. The van der Waals surface area contributed by atoms with Crippen molar-refractivity contribution in [1.29, 1.82) is 0 Å². The molecule has 0 atom stereocenters.